The summed E-state index contributed by atoms with van der Waals surface area (Å²) in [7, 11) is 0. The summed E-state index contributed by atoms with van der Waals surface area (Å²) in [6.45, 7) is 7.15. The van der Waals surface area contributed by atoms with Crippen molar-refractivity contribution in [2.45, 2.75) is 39.7 Å². The first-order valence-corrected chi connectivity index (χ1v) is 4.79. The van der Waals surface area contributed by atoms with E-state index in [-0.39, 0.29) is 0 Å². The highest BCUT2D eigenvalue weighted by molar-refractivity contribution is 5.06. The van der Waals surface area contributed by atoms with Crippen LogP contribution in [0, 0.1) is 23.2 Å². The van der Waals surface area contributed by atoms with Gasteiger partial charge in [-0.2, -0.15) is 0 Å². The third-order valence-corrected chi connectivity index (χ3v) is 4.41. The molecule has 64 valence electrons. The van der Waals surface area contributed by atoms with E-state index in [9.17, 15) is 0 Å². The molecule has 2 N–H and O–H groups in total. The summed E-state index contributed by atoms with van der Waals surface area (Å²) in [5.41, 5.74) is 6.63. The number of fused-ring (bicyclic) bond motifs is 2. The minimum Gasteiger partial charge on any atom is -0.327 e. The molecule has 2 unspecified atom stereocenters. The van der Waals surface area contributed by atoms with Gasteiger partial charge in [-0.25, -0.2) is 0 Å². The Bertz CT molecular complexity index is 174. The fourth-order valence-corrected chi connectivity index (χ4v) is 3.19. The van der Waals surface area contributed by atoms with Gasteiger partial charge in [-0.1, -0.05) is 20.8 Å². The lowest BCUT2D eigenvalue weighted by atomic mass is 9.45. The van der Waals surface area contributed by atoms with Gasteiger partial charge in [-0.05, 0) is 36.0 Å². The van der Waals surface area contributed by atoms with Gasteiger partial charge in [0.05, 0.1) is 0 Å². The fraction of sp³-hybridized carbons (Fsp3) is 1.00. The van der Waals surface area contributed by atoms with Crippen LogP contribution in [-0.4, -0.2) is 6.04 Å². The van der Waals surface area contributed by atoms with E-state index in [0.29, 0.717) is 11.5 Å². The predicted molar refractivity (Wildman–Crippen MR) is 47.1 cm³/mol. The highest BCUT2D eigenvalue weighted by atomic mass is 14.7. The zero-order chi connectivity index (χ0) is 8.22. The Kier molecular flexibility index (Phi) is 1.39. The summed E-state index contributed by atoms with van der Waals surface area (Å²) >= 11 is 0. The van der Waals surface area contributed by atoms with Gasteiger partial charge in [0.2, 0.25) is 0 Å². The van der Waals surface area contributed by atoms with Crippen molar-refractivity contribution in [2.24, 2.45) is 28.9 Å². The summed E-state index contributed by atoms with van der Waals surface area (Å²) in [6.07, 6.45) is 2.71. The van der Waals surface area contributed by atoms with Crippen LogP contribution >= 0.6 is 0 Å². The highest BCUT2D eigenvalue weighted by Crippen LogP contribution is 2.60. The van der Waals surface area contributed by atoms with E-state index < -0.39 is 0 Å². The monoisotopic (exact) mass is 153 g/mol. The van der Waals surface area contributed by atoms with Crippen molar-refractivity contribution < 1.29 is 0 Å². The molecular formula is C10H19N. The van der Waals surface area contributed by atoms with Crippen LogP contribution in [-0.2, 0) is 0 Å². The third kappa shape index (κ3) is 0.807. The lowest BCUT2D eigenvalue weighted by Crippen LogP contribution is -2.58. The van der Waals surface area contributed by atoms with Crippen LogP contribution in [0.15, 0.2) is 0 Å². The van der Waals surface area contributed by atoms with Gasteiger partial charge in [-0.3, -0.25) is 0 Å². The first-order chi connectivity index (χ1) is 5.03. The zero-order valence-corrected chi connectivity index (χ0v) is 7.80. The van der Waals surface area contributed by atoms with E-state index in [1.807, 2.05) is 0 Å². The Morgan fingerprint density at radius 3 is 2.27 bits per heavy atom. The average molecular weight is 153 g/mol. The van der Waals surface area contributed by atoms with Crippen molar-refractivity contribution in [1.82, 2.24) is 0 Å². The Labute approximate surface area is 69.4 Å². The molecule has 0 aromatic rings. The highest BCUT2D eigenvalue weighted by Gasteiger charge is 2.55. The van der Waals surface area contributed by atoms with Crippen molar-refractivity contribution in [2.75, 3.05) is 0 Å². The number of nitrogens with two attached hydrogens (primary N) is 1. The van der Waals surface area contributed by atoms with Crippen LogP contribution in [0.1, 0.15) is 33.6 Å². The molecule has 0 amide bonds. The van der Waals surface area contributed by atoms with Gasteiger partial charge in [0, 0.05) is 6.04 Å². The largest absolute Gasteiger partial charge is 0.327 e. The summed E-state index contributed by atoms with van der Waals surface area (Å²) in [4.78, 5) is 0. The van der Waals surface area contributed by atoms with E-state index in [0.717, 1.165) is 17.8 Å². The molecule has 2 bridgehead atoms. The topological polar surface area (TPSA) is 26.0 Å². The van der Waals surface area contributed by atoms with Crippen LogP contribution in [0.3, 0.4) is 0 Å². The minimum absolute atomic E-state index is 0.492. The first kappa shape index (κ1) is 7.60. The lowest BCUT2D eigenvalue weighted by molar-refractivity contribution is -0.108. The van der Waals surface area contributed by atoms with Gasteiger partial charge in [0.25, 0.3) is 0 Å². The number of hydrogen-bond donors (Lipinski definition) is 1. The minimum atomic E-state index is 0.492. The predicted octanol–water partition coefficient (Wildman–Crippen LogP) is 2.02. The molecule has 3 aliphatic rings. The normalized spacial score (nSPS) is 53.5. The molecule has 3 saturated carbocycles. The average Bonchev–Trinajstić information content (AvgIpc) is 1.93. The van der Waals surface area contributed by atoms with Crippen molar-refractivity contribution in [3.63, 3.8) is 0 Å². The van der Waals surface area contributed by atoms with Crippen LogP contribution in [0.2, 0.25) is 0 Å². The van der Waals surface area contributed by atoms with Gasteiger partial charge in [0.1, 0.15) is 0 Å². The summed E-state index contributed by atoms with van der Waals surface area (Å²) in [6, 6.07) is 0.492. The summed E-state index contributed by atoms with van der Waals surface area (Å²) in [5.74, 6) is 2.60. The Balaban J connectivity index is 2.17. The second-order valence-electron chi connectivity index (χ2n) is 5.12. The number of hydrogen-bond acceptors (Lipinski definition) is 1. The third-order valence-electron chi connectivity index (χ3n) is 4.41. The second-order valence-corrected chi connectivity index (χ2v) is 5.12. The van der Waals surface area contributed by atoms with E-state index >= 15 is 0 Å². The van der Waals surface area contributed by atoms with E-state index in [4.69, 9.17) is 5.73 Å². The van der Waals surface area contributed by atoms with E-state index in [1.165, 1.54) is 12.8 Å². The van der Waals surface area contributed by atoms with Gasteiger partial charge in [0.15, 0.2) is 0 Å². The lowest BCUT2D eigenvalue weighted by Gasteiger charge is -2.61. The van der Waals surface area contributed by atoms with Crippen LogP contribution < -0.4 is 5.73 Å². The quantitative estimate of drug-likeness (QED) is 0.566. The SMILES string of the molecule is C[C@@H]1C2CC(C[C@H]1N)C2(C)C. The van der Waals surface area contributed by atoms with E-state index in [2.05, 4.69) is 20.8 Å². The van der Waals surface area contributed by atoms with E-state index in [1.54, 1.807) is 0 Å². The molecule has 0 radical (unpaired) electrons. The molecule has 3 aliphatic carbocycles. The number of rotatable bonds is 0. The molecular weight excluding hydrogens is 134 g/mol. The standard InChI is InChI=1S/C10H19N/c1-6-8-4-7(5-9(6)11)10(8,2)3/h6-9H,4-5,11H2,1-3H3/t6-,7?,8?,9-/m1/s1. The van der Waals surface area contributed by atoms with Crippen LogP contribution in [0.4, 0.5) is 0 Å². The maximum Gasteiger partial charge on any atom is 0.00702 e. The molecule has 1 heteroatoms. The first-order valence-electron chi connectivity index (χ1n) is 4.79. The smallest absolute Gasteiger partial charge is 0.00702 e. The zero-order valence-electron chi connectivity index (χ0n) is 7.80. The van der Waals surface area contributed by atoms with Crippen molar-refractivity contribution >= 4 is 0 Å². The van der Waals surface area contributed by atoms with Crippen LogP contribution in [0.5, 0.6) is 0 Å². The molecule has 0 heterocycles. The molecule has 4 atom stereocenters. The molecule has 0 spiro atoms. The van der Waals surface area contributed by atoms with Crippen LogP contribution in [0.25, 0.3) is 0 Å². The Morgan fingerprint density at radius 2 is 1.91 bits per heavy atom. The summed E-state index contributed by atoms with van der Waals surface area (Å²) in [5, 5.41) is 0. The van der Waals surface area contributed by atoms with Crippen molar-refractivity contribution in [3.05, 3.63) is 0 Å². The maximum absolute atomic E-state index is 6.02. The molecule has 0 saturated heterocycles. The molecule has 3 rings (SSSR count). The van der Waals surface area contributed by atoms with Gasteiger partial charge in [-0.15, -0.1) is 0 Å². The second kappa shape index (κ2) is 2.01. The summed E-state index contributed by atoms with van der Waals surface area (Å²) < 4.78 is 0. The van der Waals surface area contributed by atoms with Crippen molar-refractivity contribution in [1.29, 1.82) is 0 Å². The Morgan fingerprint density at radius 1 is 1.27 bits per heavy atom. The van der Waals surface area contributed by atoms with Gasteiger partial charge >= 0.3 is 0 Å². The molecule has 1 nitrogen and oxygen atoms in total. The molecule has 3 fully saturated rings. The molecule has 0 aliphatic heterocycles. The molecule has 0 aromatic heterocycles. The molecule has 0 aromatic carbocycles. The fourth-order valence-electron chi connectivity index (χ4n) is 3.19. The van der Waals surface area contributed by atoms with Crippen molar-refractivity contribution in [3.8, 4) is 0 Å². The maximum atomic E-state index is 6.02. The van der Waals surface area contributed by atoms with Gasteiger partial charge < -0.3 is 5.73 Å². The molecule has 11 heavy (non-hydrogen) atoms. The Hall–Kier alpha value is -0.0400.